The largest absolute Gasteiger partial charge is 0.459 e. The van der Waals surface area contributed by atoms with Crippen LogP contribution >= 0.6 is 0 Å². The van der Waals surface area contributed by atoms with Gasteiger partial charge in [0.05, 0.1) is 47.6 Å². The van der Waals surface area contributed by atoms with E-state index in [-0.39, 0.29) is 31.4 Å². The number of hydrogen-bond donors (Lipinski definition) is 6. The van der Waals surface area contributed by atoms with E-state index in [0.29, 0.717) is 6.42 Å². The van der Waals surface area contributed by atoms with E-state index in [4.69, 9.17) is 28.4 Å². The molecular weight excluding hydrogens is 654 g/mol. The molecule has 3 aliphatic rings. The third-order valence-corrected chi connectivity index (χ3v) is 11.6. The highest BCUT2D eigenvalue weighted by Gasteiger charge is 2.53. The van der Waals surface area contributed by atoms with Crippen LogP contribution in [-0.4, -0.2) is 136 Å². The SMILES string of the molecule is CCC1OC(=O)C(C)C(O[C@H]2C[C@@](C)(OC)[C@@H](O)C(C)O2)C(C)[C@@H](OC2OC(C)CC(NC)[C@H]2O)[C@@](C)(O)C[C@@H](C)C(=O)[C@H](C)[C@@H](O)[C@]1(C)O. The highest BCUT2D eigenvalue weighted by molar-refractivity contribution is 5.83. The molecule has 14 nitrogen and oxygen atoms in total. The maximum Gasteiger partial charge on any atom is 0.311 e. The van der Waals surface area contributed by atoms with Crippen molar-refractivity contribution in [3.05, 3.63) is 0 Å². The Morgan fingerprint density at radius 2 is 1.52 bits per heavy atom. The molecule has 0 spiro atoms. The number of esters is 1. The second kappa shape index (κ2) is 16.8. The summed E-state index contributed by atoms with van der Waals surface area (Å²) in [5.41, 5.74) is -4.84. The van der Waals surface area contributed by atoms with Gasteiger partial charge in [-0.3, -0.25) is 9.59 Å². The molecule has 18 atom stereocenters. The van der Waals surface area contributed by atoms with Gasteiger partial charge >= 0.3 is 5.97 Å². The topological polar surface area (TPSA) is 203 Å². The third-order valence-electron chi connectivity index (χ3n) is 11.6. The summed E-state index contributed by atoms with van der Waals surface area (Å²) in [6, 6.07) is -0.375. The fraction of sp³-hybridized carbons (Fsp3) is 0.944. The van der Waals surface area contributed by atoms with Crippen molar-refractivity contribution in [3.63, 3.8) is 0 Å². The molecule has 6 N–H and O–H groups in total. The zero-order valence-corrected chi connectivity index (χ0v) is 32.0. The first kappa shape index (κ1) is 43.1. The third kappa shape index (κ3) is 9.07. The van der Waals surface area contributed by atoms with Gasteiger partial charge in [-0.05, 0) is 67.9 Å². The molecule has 3 aliphatic heterocycles. The molecule has 0 aromatic heterocycles. The van der Waals surface area contributed by atoms with Crippen molar-refractivity contribution in [2.75, 3.05) is 14.2 Å². The fourth-order valence-electron chi connectivity index (χ4n) is 8.21. The van der Waals surface area contributed by atoms with Crippen LogP contribution in [0.4, 0.5) is 0 Å². The Kier molecular flexibility index (Phi) is 14.5. The summed E-state index contributed by atoms with van der Waals surface area (Å²) in [6.07, 6.45) is -9.76. The summed E-state index contributed by atoms with van der Waals surface area (Å²) in [5.74, 6) is -4.98. The minimum absolute atomic E-state index is 0.0929. The van der Waals surface area contributed by atoms with Gasteiger partial charge in [0, 0.05) is 37.3 Å². The molecule has 0 aromatic rings. The number of Topliss-reactive ketones (excluding diaryl/α,β-unsaturated/α-hetero) is 1. The maximum absolute atomic E-state index is 14.0. The molecule has 8 unspecified atom stereocenters. The summed E-state index contributed by atoms with van der Waals surface area (Å²) in [7, 11) is 3.20. The van der Waals surface area contributed by atoms with Gasteiger partial charge in [0.2, 0.25) is 0 Å². The normalized spacial score (nSPS) is 50.4. The van der Waals surface area contributed by atoms with Crippen LogP contribution < -0.4 is 5.32 Å². The van der Waals surface area contributed by atoms with Crippen LogP contribution in [-0.2, 0) is 38.0 Å². The maximum atomic E-state index is 14.0. The number of aliphatic hydroxyl groups is 5. The van der Waals surface area contributed by atoms with Gasteiger partial charge in [0.1, 0.15) is 29.7 Å². The van der Waals surface area contributed by atoms with Crippen molar-refractivity contribution in [1.29, 1.82) is 0 Å². The quantitative estimate of drug-likeness (QED) is 0.206. The molecule has 0 amide bonds. The van der Waals surface area contributed by atoms with E-state index in [1.165, 1.54) is 27.9 Å². The van der Waals surface area contributed by atoms with Crippen molar-refractivity contribution in [1.82, 2.24) is 5.32 Å². The number of nitrogens with one attached hydrogen (secondary N) is 1. The number of methoxy groups -OCH3 is 1. The average Bonchev–Trinajstić information content (AvgIpc) is 3.05. The van der Waals surface area contributed by atoms with Gasteiger partial charge in [-0.2, -0.15) is 0 Å². The zero-order chi connectivity index (χ0) is 38.1. The molecule has 292 valence electrons. The number of likely N-dealkylation sites (N-methyl/N-ethyl adjacent to an activating group) is 1. The van der Waals surface area contributed by atoms with Crippen molar-refractivity contribution in [2.24, 2.45) is 23.7 Å². The van der Waals surface area contributed by atoms with Gasteiger partial charge in [0.25, 0.3) is 0 Å². The molecular formula is C36H65NO13. The number of hydrogen-bond acceptors (Lipinski definition) is 14. The van der Waals surface area contributed by atoms with E-state index in [1.54, 1.807) is 48.6 Å². The van der Waals surface area contributed by atoms with Crippen LogP contribution in [0, 0.1) is 23.7 Å². The monoisotopic (exact) mass is 719 g/mol. The average molecular weight is 720 g/mol. The first-order chi connectivity index (χ1) is 23.1. The van der Waals surface area contributed by atoms with Crippen LogP contribution in [0.25, 0.3) is 0 Å². The predicted molar refractivity (Wildman–Crippen MR) is 182 cm³/mol. The standard InChI is InChI=1S/C36H65NO13/c1-13-24-36(10,44)29(40)19(4)26(38)17(2)15-34(8,43)31(50-33-27(39)23(37-11)14-18(3)46-33)20(5)28(21(6)32(42)48-24)49-25-16-35(9,45-12)30(41)22(7)47-25/h17-25,27-31,33,37,39-41,43-44H,13-16H2,1-12H3/t17-,18?,19+,20?,21?,22?,23?,24?,25+,27-,28?,29-,30+,31-,33?,34+,35-,36-/m1/s1. The van der Waals surface area contributed by atoms with E-state index < -0.39 is 108 Å². The van der Waals surface area contributed by atoms with E-state index in [0.717, 1.165) is 0 Å². The number of ether oxygens (including phenoxy) is 6. The molecule has 3 rings (SSSR count). The van der Waals surface area contributed by atoms with Gasteiger partial charge in [0.15, 0.2) is 12.6 Å². The van der Waals surface area contributed by atoms with E-state index in [2.05, 4.69) is 5.32 Å². The fourth-order valence-corrected chi connectivity index (χ4v) is 8.21. The Bertz CT molecular complexity index is 1140. The predicted octanol–water partition coefficient (Wildman–Crippen LogP) is 1.44. The lowest BCUT2D eigenvalue weighted by molar-refractivity contribution is -0.316. The molecule has 0 radical (unpaired) electrons. The molecule has 3 heterocycles. The Morgan fingerprint density at radius 3 is 2.08 bits per heavy atom. The summed E-state index contributed by atoms with van der Waals surface area (Å²) >= 11 is 0. The minimum Gasteiger partial charge on any atom is -0.459 e. The van der Waals surface area contributed by atoms with Gasteiger partial charge in [-0.1, -0.05) is 27.7 Å². The lowest BCUT2D eigenvalue weighted by Gasteiger charge is -2.48. The molecule has 0 bridgehead atoms. The summed E-state index contributed by atoms with van der Waals surface area (Å²) in [6.45, 7) is 16.3. The lowest BCUT2D eigenvalue weighted by atomic mass is 9.74. The second-order valence-electron chi connectivity index (χ2n) is 15.8. The highest BCUT2D eigenvalue weighted by Crippen LogP contribution is 2.40. The van der Waals surface area contributed by atoms with Gasteiger partial charge in [-0.25, -0.2) is 0 Å². The van der Waals surface area contributed by atoms with Crippen molar-refractivity contribution in [3.8, 4) is 0 Å². The van der Waals surface area contributed by atoms with Crippen LogP contribution in [0.15, 0.2) is 0 Å². The number of rotatable bonds is 7. The Balaban J connectivity index is 2.17. The number of carbonyl (C=O) groups excluding carboxylic acids is 2. The molecule has 0 aliphatic carbocycles. The van der Waals surface area contributed by atoms with Crippen LogP contribution in [0.2, 0.25) is 0 Å². The number of carbonyl (C=O) groups is 2. The Labute approximate surface area is 297 Å². The van der Waals surface area contributed by atoms with Crippen molar-refractivity contribution >= 4 is 11.8 Å². The van der Waals surface area contributed by atoms with E-state index in [1.807, 2.05) is 6.92 Å². The molecule has 3 saturated heterocycles. The smallest absolute Gasteiger partial charge is 0.311 e. The van der Waals surface area contributed by atoms with Crippen LogP contribution in [0.1, 0.15) is 94.9 Å². The van der Waals surface area contributed by atoms with E-state index in [9.17, 15) is 35.1 Å². The Hall–Kier alpha value is -1.30. The molecule has 0 saturated carbocycles. The number of ketones is 1. The molecule has 3 fully saturated rings. The molecule has 0 aromatic carbocycles. The summed E-state index contributed by atoms with van der Waals surface area (Å²) in [4.78, 5) is 27.8. The first-order valence-electron chi connectivity index (χ1n) is 18.1. The van der Waals surface area contributed by atoms with Crippen molar-refractivity contribution < 1.29 is 63.5 Å². The zero-order valence-electron chi connectivity index (χ0n) is 32.0. The highest BCUT2D eigenvalue weighted by atomic mass is 16.7. The van der Waals surface area contributed by atoms with Gasteiger partial charge in [-0.15, -0.1) is 0 Å². The molecule has 50 heavy (non-hydrogen) atoms. The van der Waals surface area contributed by atoms with Crippen LogP contribution in [0.3, 0.4) is 0 Å². The Morgan fingerprint density at radius 1 is 0.900 bits per heavy atom. The summed E-state index contributed by atoms with van der Waals surface area (Å²) in [5, 5.41) is 60.4. The lowest BCUT2D eigenvalue weighted by Crippen LogP contribution is -2.61. The van der Waals surface area contributed by atoms with Crippen LogP contribution in [0.5, 0.6) is 0 Å². The van der Waals surface area contributed by atoms with Gasteiger partial charge < -0.3 is 59.3 Å². The molecule has 14 heteroatoms. The van der Waals surface area contributed by atoms with Crippen molar-refractivity contribution in [2.45, 2.75) is 179 Å². The summed E-state index contributed by atoms with van der Waals surface area (Å²) < 4.78 is 36.9. The number of cyclic esters (lactones) is 1. The minimum atomic E-state index is -1.99. The number of aliphatic hydroxyl groups excluding tert-OH is 3. The second-order valence-corrected chi connectivity index (χ2v) is 15.8. The first-order valence-corrected chi connectivity index (χ1v) is 18.1. The van der Waals surface area contributed by atoms with E-state index >= 15 is 0 Å².